The van der Waals surface area contributed by atoms with Crippen molar-refractivity contribution in [2.75, 3.05) is 18.1 Å². The van der Waals surface area contributed by atoms with Gasteiger partial charge in [0.15, 0.2) is 6.61 Å². The minimum absolute atomic E-state index is 0.00236. The van der Waals surface area contributed by atoms with Gasteiger partial charge in [0.2, 0.25) is 5.91 Å². The standard InChI is InChI=1S/C19H21N3O3/c1-14(2)20-17-9-5-6-11-22(17)18(23)10-12-21-15-7-3-4-8-16(15)25-13-19(21)24/h3-9,11,14H,10,12-13H2,1-2H3. The maximum absolute atomic E-state index is 12.6. The minimum atomic E-state index is -0.142. The Morgan fingerprint density at radius 1 is 1.20 bits per heavy atom. The van der Waals surface area contributed by atoms with Crippen LogP contribution in [-0.2, 0) is 4.79 Å². The van der Waals surface area contributed by atoms with Gasteiger partial charge in [-0.3, -0.25) is 19.1 Å². The number of fused-ring (bicyclic) bond motifs is 1. The maximum atomic E-state index is 12.6. The number of ether oxygens (including phenoxy) is 1. The second-order valence-electron chi connectivity index (χ2n) is 6.10. The molecule has 0 saturated heterocycles. The van der Waals surface area contributed by atoms with Crippen LogP contribution in [0.3, 0.4) is 0 Å². The van der Waals surface area contributed by atoms with Gasteiger partial charge < -0.3 is 9.64 Å². The summed E-state index contributed by atoms with van der Waals surface area (Å²) in [7, 11) is 0. The van der Waals surface area contributed by atoms with E-state index < -0.39 is 0 Å². The summed E-state index contributed by atoms with van der Waals surface area (Å²) in [6, 6.07) is 12.9. The van der Waals surface area contributed by atoms with Crippen molar-refractivity contribution in [1.29, 1.82) is 0 Å². The molecule has 0 aliphatic carbocycles. The summed E-state index contributed by atoms with van der Waals surface area (Å²) >= 11 is 0. The number of carbonyl (C=O) groups excluding carboxylic acids is 2. The molecule has 130 valence electrons. The van der Waals surface area contributed by atoms with E-state index in [1.165, 1.54) is 4.57 Å². The first kappa shape index (κ1) is 17.0. The molecular formula is C19H21N3O3. The first-order valence-electron chi connectivity index (χ1n) is 8.33. The highest BCUT2D eigenvalue weighted by molar-refractivity contribution is 5.98. The van der Waals surface area contributed by atoms with Crippen LogP contribution in [0.1, 0.15) is 25.1 Å². The third-order valence-electron chi connectivity index (χ3n) is 3.86. The Kier molecular flexibility index (Phi) is 4.97. The van der Waals surface area contributed by atoms with E-state index in [-0.39, 0.29) is 30.9 Å². The zero-order chi connectivity index (χ0) is 17.8. The first-order valence-corrected chi connectivity index (χ1v) is 8.33. The van der Waals surface area contributed by atoms with Gasteiger partial charge in [-0.15, -0.1) is 0 Å². The highest BCUT2D eigenvalue weighted by atomic mass is 16.5. The molecule has 0 N–H and O–H groups in total. The summed E-state index contributed by atoms with van der Waals surface area (Å²) in [5.74, 6) is 0.422. The molecular weight excluding hydrogens is 318 g/mol. The summed E-state index contributed by atoms with van der Waals surface area (Å²) in [5, 5.41) is 0. The molecule has 0 unspecified atom stereocenters. The number of amides is 1. The molecule has 0 spiro atoms. The summed E-state index contributed by atoms with van der Waals surface area (Å²) < 4.78 is 6.96. The third kappa shape index (κ3) is 3.79. The van der Waals surface area contributed by atoms with E-state index in [0.717, 1.165) is 0 Å². The normalized spacial score (nSPS) is 14.4. The summed E-state index contributed by atoms with van der Waals surface area (Å²) in [5.41, 5.74) is 1.33. The smallest absolute Gasteiger partial charge is 0.265 e. The molecule has 1 aromatic heterocycles. The van der Waals surface area contributed by atoms with Crippen molar-refractivity contribution < 1.29 is 14.3 Å². The van der Waals surface area contributed by atoms with Gasteiger partial charge in [0.25, 0.3) is 5.91 Å². The molecule has 3 rings (SSSR count). The number of benzene rings is 1. The van der Waals surface area contributed by atoms with Gasteiger partial charge in [-0.1, -0.05) is 18.2 Å². The predicted octanol–water partition coefficient (Wildman–Crippen LogP) is 2.25. The lowest BCUT2D eigenvalue weighted by Crippen LogP contribution is -2.41. The number of anilines is 1. The van der Waals surface area contributed by atoms with E-state index in [4.69, 9.17) is 4.74 Å². The van der Waals surface area contributed by atoms with Crippen molar-refractivity contribution in [2.45, 2.75) is 26.3 Å². The van der Waals surface area contributed by atoms with Crippen molar-refractivity contribution in [3.63, 3.8) is 0 Å². The third-order valence-corrected chi connectivity index (χ3v) is 3.86. The molecule has 0 fully saturated rings. The molecule has 0 radical (unpaired) electrons. The highest BCUT2D eigenvalue weighted by Crippen LogP contribution is 2.31. The average molecular weight is 339 g/mol. The molecule has 1 aromatic carbocycles. The molecule has 2 aromatic rings. The lowest BCUT2D eigenvalue weighted by atomic mass is 10.2. The van der Waals surface area contributed by atoms with Gasteiger partial charge >= 0.3 is 0 Å². The van der Waals surface area contributed by atoms with Crippen LogP contribution in [-0.4, -0.2) is 35.6 Å². The molecule has 0 saturated carbocycles. The largest absolute Gasteiger partial charge is 0.482 e. The monoisotopic (exact) mass is 339 g/mol. The fourth-order valence-electron chi connectivity index (χ4n) is 2.74. The average Bonchev–Trinajstić information content (AvgIpc) is 2.60. The Morgan fingerprint density at radius 3 is 2.76 bits per heavy atom. The Hall–Kier alpha value is -2.89. The van der Waals surface area contributed by atoms with E-state index in [0.29, 0.717) is 23.5 Å². The van der Waals surface area contributed by atoms with Crippen LogP contribution in [0.4, 0.5) is 5.69 Å². The molecule has 0 bridgehead atoms. The van der Waals surface area contributed by atoms with Crippen LogP contribution < -0.4 is 15.1 Å². The lowest BCUT2D eigenvalue weighted by molar-refractivity contribution is -0.121. The molecule has 2 heterocycles. The minimum Gasteiger partial charge on any atom is -0.482 e. The zero-order valence-corrected chi connectivity index (χ0v) is 14.4. The van der Waals surface area contributed by atoms with Crippen molar-refractivity contribution in [2.24, 2.45) is 4.99 Å². The SMILES string of the molecule is CC(C)N=c1ccccn1C(=O)CCN1C(=O)COc2ccccc21. The van der Waals surface area contributed by atoms with Gasteiger partial charge in [-0.25, -0.2) is 0 Å². The maximum Gasteiger partial charge on any atom is 0.265 e. The number of rotatable bonds is 4. The van der Waals surface area contributed by atoms with E-state index >= 15 is 0 Å². The van der Waals surface area contributed by atoms with Gasteiger partial charge in [0.1, 0.15) is 11.2 Å². The predicted molar refractivity (Wildman–Crippen MR) is 94.7 cm³/mol. The number of hydrogen-bond donors (Lipinski definition) is 0. The second kappa shape index (κ2) is 7.34. The number of para-hydroxylation sites is 2. The molecule has 6 nitrogen and oxygen atoms in total. The number of hydrogen-bond acceptors (Lipinski definition) is 4. The Morgan fingerprint density at radius 2 is 1.96 bits per heavy atom. The van der Waals surface area contributed by atoms with Gasteiger partial charge in [0, 0.05) is 25.2 Å². The second-order valence-corrected chi connectivity index (χ2v) is 6.10. The summed E-state index contributed by atoms with van der Waals surface area (Å²) in [4.78, 5) is 30.9. The van der Waals surface area contributed by atoms with Crippen LogP contribution in [0.25, 0.3) is 0 Å². The van der Waals surface area contributed by atoms with Crippen molar-refractivity contribution in [3.8, 4) is 5.75 Å². The number of aromatic nitrogens is 1. The van der Waals surface area contributed by atoms with Gasteiger partial charge in [-0.2, -0.15) is 0 Å². The number of carbonyl (C=O) groups is 2. The molecule has 6 heteroatoms. The molecule has 1 aliphatic heterocycles. The molecule has 25 heavy (non-hydrogen) atoms. The number of pyridine rings is 1. The van der Waals surface area contributed by atoms with Crippen molar-refractivity contribution in [3.05, 3.63) is 54.1 Å². The first-order chi connectivity index (χ1) is 12.1. The van der Waals surface area contributed by atoms with Gasteiger partial charge in [-0.05, 0) is 38.1 Å². The van der Waals surface area contributed by atoms with Crippen molar-refractivity contribution >= 4 is 17.5 Å². The van der Waals surface area contributed by atoms with E-state index in [9.17, 15) is 9.59 Å². The topological polar surface area (TPSA) is 63.9 Å². The fourth-order valence-corrected chi connectivity index (χ4v) is 2.74. The quantitative estimate of drug-likeness (QED) is 0.858. The number of nitrogens with zero attached hydrogens (tertiary/aromatic N) is 3. The van der Waals surface area contributed by atoms with Crippen LogP contribution in [0.2, 0.25) is 0 Å². The van der Waals surface area contributed by atoms with E-state index in [2.05, 4.69) is 4.99 Å². The summed E-state index contributed by atoms with van der Waals surface area (Å²) in [6.45, 7) is 4.23. The van der Waals surface area contributed by atoms with Crippen LogP contribution >= 0.6 is 0 Å². The Labute approximate surface area is 146 Å². The molecule has 1 aliphatic rings. The molecule has 1 amide bonds. The zero-order valence-electron chi connectivity index (χ0n) is 14.4. The van der Waals surface area contributed by atoms with E-state index in [1.54, 1.807) is 17.2 Å². The van der Waals surface area contributed by atoms with Crippen LogP contribution in [0.5, 0.6) is 5.75 Å². The highest BCUT2D eigenvalue weighted by Gasteiger charge is 2.25. The van der Waals surface area contributed by atoms with Crippen molar-refractivity contribution in [1.82, 2.24) is 4.57 Å². The van der Waals surface area contributed by atoms with Crippen LogP contribution in [0, 0.1) is 0 Å². The van der Waals surface area contributed by atoms with E-state index in [1.807, 2.05) is 50.2 Å². The summed E-state index contributed by atoms with van der Waals surface area (Å²) in [6.07, 6.45) is 1.91. The van der Waals surface area contributed by atoms with Crippen LogP contribution in [0.15, 0.2) is 53.7 Å². The molecule has 0 atom stereocenters. The Balaban J connectivity index is 1.79. The van der Waals surface area contributed by atoms with Gasteiger partial charge in [0.05, 0.1) is 5.69 Å². The Bertz CT molecular complexity index is 855. The fraction of sp³-hybridized carbons (Fsp3) is 0.316. The lowest BCUT2D eigenvalue weighted by Gasteiger charge is -2.29.